The molecule has 124 valence electrons. The van der Waals surface area contributed by atoms with Gasteiger partial charge in [-0.2, -0.15) is 8.78 Å². The van der Waals surface area contributed by atoms with Gasteiger partial charge < -0.3 is 9.15 Å². The summed E-state index contributed by atoms with van der Waals surface area (Å²) in [5.41, 5.74) is 1.71. The van der Waals surface area contributed by atoms with E-state index in [1.807, 2.05) is 24.3 Å². The van der Waals surface area contributed by atoms with Gasteiger partial charge in [-0.25, -0.2) is 0 Å². The number of hydrogen-bond acceptors (Lipinski definition) is 5. The Kier molecular flexibility index (Phi) is 5.32. The van der Waals surface area contributed by atoms with E-state index in [4.69, 9.17) is 16.0 Å². The number of benzene rings is 2. The van der Waals surface area contributed by atoms with Crippen LogP contribution in [0.3, 0.4) is 0 Å². The van der Waals surface area contributed by atoms with Crippen LogP contribution in [0.1, 0.15) is 5.56 Å². The molecule has 4 nitrogen and oxygen atoms in total. The van der Waals surface area contributed by atoms with Crippen LogP contribution in [0.25, 0.3) is 11.5 Å². The van der Waals surface area contributed by atoms with Crippen LogP contribution in [-0.4, -0.2) is 16.8 Å². The molecule has 24 heavy (non-hydrogen) atoms. The lowest BCUT2D eigenvalue weighted by molar-refractivity contribution is -0.0498. The van der Waals surface area contributed by atoms with Crippen LogP contribution in [0.15, 0.2) is 58.2 Å². The molecule has 0 aliphatic carbocycles. The number of hydrogen-bond donors (Lipinski definition) is 0. The topological polar surface area (TPSA) is 48.2 Å². The summed E-state index contributed by atoms with van der Waals surface area (Å²) in [4.78, 5) is 0. The van der Waals surface area contributed by atoms with E-state index in [0.717, 1.165) is 5.56 Å². The van der Waals surface area contributed by atoms with Crippen molar-refractivity contribution in [2.24, 2.45) is 0 Å². The quantitative estimate of drug-likeness (QED) is 0.554. The number of alkyl halides is 2. The molecule has 0 spiro atoms. The van der Waals surface area contributed by atoms with Gasteiger partial charge in [-0.15, -0.1) is 10.2 Å². The van der Waals surface area contributed by atoms with Crippen LogP contribution < -0.4 is 4.74 Å². The molecule has 0 saturated heterocycles. The molecule has 0 fully saturated rings. The monoisotopic (exact) mass is 368 g/mol. The molecule has 0 atom stereocenters. The van der Waals surface area contributed by atoms with Gasteiger partial charge in [0.1, 0.15) is 5.75 Å². The summed E-state index contributed by atoms with van der Waals surface area (Å²) >= 11 is 7.24. The first-order valence-corrected chi connectivity index (χ1v) is 8.22. The molecule has 0 aliphatic heterocycles. The van der Waals surface area contributed by atoms with Crippen molar-refractivity contribution in [2.75, 3.05) is 0 Å². The van der Waals surface area contributed by atoms with Crippen molar-refractivity contribution in [2.45, 2.75) is 17.6 Å². The van der Waals surface area contributed by atoms with Crippen LogP contribution in [0.5, 0.6) is 5.75 Å². The van der Waals surface area contributed by atoms with Crippen molar-refractivity contribution in [1.82, 2.24) is 10.2 Å². The Morgan fingerprint density at radius 3 is 2.42 bits per heavy atom. The summed E-state index contributed by atoms with van der Waals surface area (Å²) < 4.78 is 34.1. The Labute approximate surface area is 145 Å². The number of rotatable bonds is 6. The van der Waals surface area contributed by atoms with Gasteiger partial charge in [0.25, 0.3) is 5.22 Å². The first-order valence-electron chi connectivity index (χ1n) is 6.86. The molecule has 3 aromatic rings. The third-order valence-corrected chi connectivity index (χ3v) is 4.15. The number of halogens is 3. The minimum absolute atomic E-state index is 0.0746. The van der Waals surface area contributed by atoms with Crippen LogP contribution >= 0.6 is 23.4 Å². The fraction of sp³-hybridized carbons (Fsp3) is 0.125. The van der Waals surface area contributed by atoms with Gasteiger partial charge in [-0.1, -0.05) is 35.5 Å². The highest BCUT2D eigenvalue weighted by Crippen LogP contribution is 2.27. The molecular weight excluding hydrogens is 358 g/mol. The molecule has 0 N–H and O–H groups in total. The summed E-state index contributed by atoms with van der Waals surface area (Å²) in [7, 11) is 0. The SMILES string of the molecule is FC(F)Oc1ccc(-c2nnc(SCc3ccc(Cl)cc3)o2)cc1. The maximum atomic E-state index is 12.1. The summed E-state index contributed by atoms with van der Waals surface area (Å²) in [6.45, 7) is -2.85. The third kappa shape index (κ3) is 4.46. The molecule has 0 saturated carbocycles. The Morgan fingerprint density at radius 1 is 1.04 bits per heavy atom. The summed E-state index contributed by atoms with van der Waals surface area (Å²) in [6, 6.07) is 13.5. The largest absolute Gasteiger partial charge is 0.435 e. The van der Waals surface area contributed by atoms with Crippen molar-refractivity contribution in [3.05, 3.63) is 59.1 Å². The van der Waals surface area contributed by atoms with E-state index < -0.39 is 6.61 Å². The average Bonchev–Trinajstić information content (AvgIpc) is 3.03. The second kappa shape index (κ2) is 7.63. The first kappa shape index (κ1) is 16.7. The molecule has 8 heteroatoms. The van der Waals surface area contributed by atoms with Gasteiger partial charge in [-0.05, 0) is 42.0 Å². The molecule has 0 radical (unpaired) electrons. The second-order valence-electron chi connectivity index (χ2n) is 4.69. The third-order valence-electron chi connectivity index (χ3n) is 3.01. The molecule has 0 bridgehead atoms. The van der Waals surface area contributed by atoms with Crippen molar-refractivity contribution in [3.8, 4) is 17.2 Å². The van der Waals surface area contributed by atoms with E-state index in [9.17, 15) is 8.78 Å². The minimum atomic E-state index is -2.85. The Balaban J connectivity index is 1.63. The number of ether oxygens (including phenoxy) is 1. The van der Waals surface area contributed by atoms with Gasteiger partial charge in [0.15, 0.2) is 0 Å². The number of aromatic nitrogens is 2. The molecule has 1 aromatic heterocycles. The molecule has 2 aromatic carbocycles. The Bertz CT molecular complexity index is 795. The first-order chi connectivity index (χ1) is 11.6. The van der Waals surface area contributed by atoms with E-state index in [1.165, 1.54) is 23.9 Å². The van der Waals surface area contributed by atoms with E-state index in [0.29, 0.717) is 27.5 Å². The summed E-state index contributed by atoms with van der Waals surface area (Å²) in [5.74, 6) is 1.06. The van der Waals surface area contributed by atoms with Crippen LogP contribution in [0, 0.1) is 0 Å². The second-order valence-corrected chi connectivity index (χ2v) is 6.05. The highest BCUT2D eigenvalue weighted by atomic mass is 35.5. The highest BCUT2D eigenvalue weighted by molar-refractivity contribution is 7.98. The zero-order chi connectivity index (χ0) is 16.9. The number of thioether (sulfide) groups is 1. The van der Waals surface area contributed by atoms with Crippen LogP contribution in [0.4, 0.5) is 8.78 Å². The molecule has 0 unspecified atom stereocenters. The van der Waals surface area contributed by atoms with Gasteiger partial charge in [0, 0.05) is 16.3 Å². The smallest absolute Gasteiger partial charge is 0.387 e. The van der Waals surface area contributed by atoms with Crippen molar-refractivity contribution in [3.63, 3.8) is 0 Å². The summed E-state index contributed by atoms with van der Waals surface area (Å²) in [5, 5.41) is 9.03. The minimum Gasteiger partial charge on any atom is -0.435 e. The maximum absolute atomic E-state index is 12.1. The Hall–Kier alpha value is -2.12. The van der Waals surface area contributed by atoms with E-state index in [-0.39, 0.29) is 5.75 Å². The molecule has 1 heterocycles. The predicted octanol–water partition coefficient (Wildman–Crippen LogP) is 5.28. The lowest BCUT2D eigenvalue weighted by Gasteiger charge is -2.03. The van der Waals surface area contributed by atoms with Gasteiger partial charge >= 0.3 is 6.61 Å². The normalized spacial score (nSPS) is 11.0. The van der Waals surface area contributed by atoms with Gasteiger partial charge in [0.05, 0.1) is 0 Å². The average molecular weight is 369 g/mol. The molecule has 0 aliphatic rings. The zero-order valence-electron chi connectivity index (χ0n) is 12.2. The lowest BCUT2D eigenvalue weighted by atomic mass is 10.2. The van der Waals surface area contributed by atoms with E-state index in [1.54, 1.807) is 12.1 Å². The van der Waals surface area contributed by atoms with E-state index in [2.05, 4.69) is 14.9 Å². The summed E-state index contributed by atoms with van der Waals surface area (Å²) in [6.07, 6.45) is 0. The van der Waals surface area contributed by atoms with Crippen LogP contribution in [0.2, 0.25) is 5.02 Å². The van der Waals surface area contributed by atoms with Crippen molar-refractivity contribution < 1.29 is 17.9 Å². The molecule has 0 amide bonds. The fourth-order valence-electron chi connectivity index (χ4n) is 1.89. The lowest BCUT2D eigenvalue weighted by Crippen LogP contribution is -2.01. The van der Waals surface area contributed by atoms with E-state index >= 15 is 0 Å². The van der Waals surface area contributed by atoms with Gasteiger partial charge in [0.2, 0.25) is 5.89 Å². The van der Waals surface area contributed by atoms with Crippen LogP contribution in [-0.2, 0) is 5.75 Å². The number of nitrogens with zero attached hydrogens (tertiary/aromatic N) is 2. The highest BCUT2D eigenvalue weighted by Gasteiger charge is 2.10. The zero-order valence-corrected chi connectivity index (χ0v) is 13.7. The standard InChI is InChI=1S/C16H11ClF2N2O2S/c17-12-5-1-10(2-6-12)9-24-16-21-20-14(23-16)11-3-7-13(8-4-11)22-15(18)19/h1-8,15H,9H2. The van der Waals surface area contributed by atoms with Crippen molar-refractivity contribution in [1.29, 1.82) is 0 Å². The molecule has 3 rings (SSSR count). The predicted molar refractivity (Wildman–Crippen MR) is 87.4 cm³/mol. The Morgan fingerprint density at radius 2 is 1.75 bits per heavy atom. The fourth-order valence-corrected chi connectivity index (χ4v) is 2.73. The van der Waals surface area contributed by atoms with Gasteiger partial charge in [-0.3, -0.25) is 0 Å². The van der Waals surface area contributed by atoms with Crippen molar-refractivity contribution >= 4 is 23.4 Å². The molecular formula is C16H11ClF2N2O2S. The maximum Gasteiger partial charge on any atom is 0.387 e.